The summed E-state index contributed by atoms with van der Waals surface area (Å²) in [7, 11) is 0. The summed E-state index contributed by atoms with van der Waals surface area (Å²) < 4.78 is 0. The molecular weight excluding hydrogens is 292 g/mol. The fraction of sp³-hybridized carbons (Fsp3) is 0.647. The third kappa shape index (κ3) is 33.3. The number of hydrogen-bond acceptors (Lipinski definition) is 4. The molecule has 136 valence electrons. The van der Waals surface area contributed by atoms with E-state index in [0.29, 0.717) is 11.1 Å². The normalized spacial score (nSPS) is 8.87. The van der Waals surface area contributed by atoms with Crippen LogP contribution in [0.15, 0.2) is 24.3 Å². The zero-order valence-corrected chi connectivity index (χ0v) is 14.9. The van der Waals surface area contributed by atoms with E-state index in [1.165, 1.54) is 44.9 Å². The maximum atomic E-state index is 9.82. The Hall–Kier alpha value is -1.66. The zero-order chi connectivity index (χ0) is 18.7. The summed E-state index contributed by atoms with van der Waals surface area (Å²) in [5, 5.41) is 0. The van der Waals surface area contributed by atoms with Gasteiger partial charge in [-0.15, -0.1) is 0 Å². The van der Waals surface area contributed by atoms with Crippen LogP contribution in [0, 0.1) is 0 Å². The smallest absolute Gasteiger partial charge is 0.243 e. The molecule has 0 heterocycles. The van der Waals surface area contributed by atoms with Crippen molar-refractivity contribution in [2.75, 3.05) is 13.1 Å². The average molecular weight is 329 g/mol. The van der Waals surface area contributed by atoms with Gasteiger partial charge in [-0.3, -0.25) is 9.59 Å². The van der Waals surface area contributed by atoms with Crippen LogP contribution in [0.5, 0.6) is 0 Å². The second-order valence-electron chi connectivity index (χ2n) is 5.34. The molecule has 2 amide bonds. The van der Waals surface area contributed by atoms with Crippen molar-refractivity contribution in [1.29, 1.82) is 0 Å². The molecule has 0 saturated heterocycles. The van der Waals surface area contributed by atoms with E-state index >= 15 is 0 Å². The quantitative estimate of drug-likeness (QED) is 0.358. The van der Waals surface area contributed by atoms with E-state index in [4.69, 9.17) is 22.9 Å². The summed E-state index contributed by atoms with van der Waals surface area (Å²) in [5.41, 5.74) is 20.9. The molecule has 23 heavy (non-hydrogen) atoms. The van der Waals surface area contributed by atoms with Gasteiger partial charge < -0.3 is 22.9 Å². The molecule has 0 fully saturated rings. The molecule has 0 radical (unpaired) electrons. The van der Waals surface area contributed by atoms with Gasteiger partial charge in [0, 0.05) is 11.1 Å². The van der Waals surface area contributed by atoms with E-state index in [1.54, 1.807) is 13.8 Å². The molecule has 0 aromatic carbocycles. The van der Waals surface area contributed by atoms with Crippen molar-refractivity contribution in [1.82, 2.24) is 0 Å². The lowest BCUT2D eigenvalue weighted by Gasteiger charge is -1.99. The van der Waals surface area contributed by atoms with Gasteiger partial charge in [-0.25, -0.2) is 0 Å². The highest BCUT2D eigenvalue weighted by Crippen LogP contribution is 2.05. The molecular formula is C17H36N4O2. The van der Waals surface area contributed by atoms with E-state index in [-0.39, 0.29) is 0 Å². The van der Waals surface area contributed by atoms with Crippen molar-refractivity contribution in [2.45, 2.75) is 58.8 Å². The van der Waals surface area contributed by atoms with Crippen LogP contribution in [0.3, 0.4) is 0 Å². The fourth-order valence-electron chi connectivity index (χ4n) is 1.17. The SMILES string of the molecule is C=C(C)C(N)=O.C=C(C)C(N)=O.NCCCCCCCCCN. The highest BCUT2D eigenvalue weighted by Gasteiger charge is 1.89. The van der Waals surface area contributed by atoms with Gasteiger partial charge in [-0.2, -0.15) is 0 Å². The highest BCUT2D eigenvalue weighted by molar-refractivity contribution is 5.90. The first-order chi connectivity index (χ1) is 10.7. The minimum absolute atomic E-state index is 0.398. The molecule has 0 unspecified atom stereocenters. The van der Waals surface area contributed by atoms with E-state index in [9.17, 15) is 9.59 Å². The first-order valence-corrected chi connectivity index (χ1v) is 8.01. The van der Waals surface area contributed by atoms with Gasteiger partial charge in [0.2, 0.25) is 11.8 Å². The topological polar surface area (TPSA) is 138 Å². The van der Waals surface area contributed by atoms with Crippen molar-refractivity contribution in [3.63, 3.8) is 0 Å². The Morgan fingerprint density at radius 2 is 0.826 bits per heavy atom. The summed E-state index contributed by atoms with van der Waals surface area (Å²) in [4.78, 5) is 19.6. The predicted molar refractivity (Wildman–Crippen MR) is 98.4 cm³/mol. The molecule has 0 atom stereocenters. The van der Waals surface area contributed by atoms with Crippen LogP contribution >= 0.6 is 0 Å². The summed E-state index contributed by atoms with van der Waals surface area (Å²) in [5.74, 6) is -0.870. The highest BCUT2D eigenvalue weighted by atomic mass is 16.1. The molecule has 0 aromatic heterocycles. The number of amides is 2. The second-order valence-corrected chi connectivity index (χ2v) is 5.34. The van der Waals surface area contributed by atoms with Crippen LogP contribution in [0.25, 0.3) is 0 Å². The van der Waals surface area contributed by atoms with Crippen molar-refractivity contribution in [3.8, 4) is 0 Å². The molecule has 0 saturated carbocycles. The summed E-state index contributed by atoms with van der Waals surface area (Å²) in [6, 6.07) is 0. The first-order valence-electron chi connectivity index (χ1n) is 8.01. The minimum atomic E-state index is -0.435. The maximum Gasteiger partial charge on any atom is 0.243 e. The van der Waals surface area contributed by atoms with Gasteiger partial charge in [0.1, 0.15) is 0 Å². The average Bonchev–Trinajstić information content (AvgIpc) is 2.47. The largest absolute Gasteiger partial charge is 0.366 e. The van der Waals surface area contributed by atoms with Crippen LogP contribution in [-0.4, -0.2) is 24.9 Å². The first kappa shape index (κ1) is 26.2. The molecule has 0 aliphatic heterocycles. The number of hydrogen-bond donors (Lipinski definition) is 4. The Bertz CT molecular complexity index is 285. The lowest BCUT2D eigenvalue weighted by Crippen LogP contribution is -2.10. The summed E-state index contributed by atoms with van der Waals surface area (Å²) in [6.45, 7) is 11.4. The van der Waals surface area contributed by atoms with Crippen LogP contribution < -0.4 is 22.9 Å². The molecule has 0 bridgehead atoms. The molecule has 6 nitrogen and oxygen atoms in total. The molecule has 0 rings (SSSR count). The molecule has 0 aliphatic carbocycles. The molecule has 0 spiro atoms. The lowest BCUT2D eigenvalue weighted by molar-refractivity contribution is -0.115. The maximum absolute atomic E-state index is 9.82. The second kappa shape index (κ2) is 20.3. The zero-order valence-electron chi connectivity index (χ0n) is 14.9. The van der Waals surface area contributed by atoms with Gasteiger partial charge in [-0.1, -0.05) is 45.3 Å². The van der Waals surface area contributed by atoms with E-state index in [2.05, 4.69) is 13.2 Å². The monoisotopic (exact) mass is 328 g/mol. The number of primary amides is 2. The van der Waals surface area contributed by atoms with Crippen LogP contribution in [0.4, 0.5) is 0 Å². The van der Waals surface area contributed by atoms with Crippen molar-refractivity contribution in [3.05, 3.63) is 24.3 Å². The minimum Gasteiger partial charge on any atom is -0.366 e. The summed E-state index contributed by atoms with van der Waals surface area (Å²) >= 11 is 0. The third-order valence-electron chi connectivity index (χ3n) is 2.75. The van der Waals surface area contributed by atoms with Gasteiger partial charge in [0.05, 0.1) is 0 Å². The number of unbranched alkanes of at least 4 members (excludes halogenated alkanes) is 6. The Morgan fingerprint density at radius 3 is 0.957 bits per heavy atom. The van der Waals surface area contributed by atoms with Gasteiger partial charge in [0.25, 0.3) is 0 Å². The number of carbonyl (C=O) groups excluding carboxylic acids is 2. The lowest BCUT2D eigenvalue weighted by atomic mass is 10.1. The van der Waals surface area contributed by atoms with Crippen molar-refractivity contribution >= 4 is 11.8 Å². The number of carbonyl (C=O) groups is 2. The van der Waals surface area contributed by atoms with E-state index < -0.39 is 11.8 Å². The van der Waals surface area contributed by atoms with Gasteiger partial charge in [-0.05, 0) is 39.8 Å². The molecule has 6 heteroatoms. The molecule has 0 aliphatic rings. The van der Waals surface area contributed by atoms with E-state index in [1.807, 2.05) is 0 Å². The Kier molecular flexibility index (Phi) is 23.2. The van der Waals surface area contributed by atoms with Crippen LogP contribution in [0.2, 0.25) is 0 Å². The Labute approximate surface area is 141 Å². The molecule has 8 N–H and O–H groups in total. The summed E-state index contributed by atoms with van der Waals surface area (Å²) in [6.07, 6.45) is 9.05. The van der Waals surface area contributed by atoms with Gasteiger partial charge in [0.15, 0.2) is 0 Å². The Morgan fingerprint density at radius 1 is 0.652 bits per heavy atom. The Balaban J connectivity index is -0.000000284. The van der Waals surface area contributed by atoms with E-state index in [0.717, 1.165) is 13.1 Å². The van der Waals surface area contributed by atoms with Crippen molar-refractivity contribution < 1.29 is 9.59 Å². The van der Waals surface area contributed by atoms with Crippen LogP contribution in [0.1, 0.15) is 58.8 Å². The van der Waals surface area contributed by atoms with Crippen molar-refractivity contribution in [2.24, 2.45) is 22.9 Å². The van der Waals surface area contributed by atoms with Crippen LogP contribution in [-0.2, 0) is 9.59 Å². The number of rotatable bonds is 10. The molecule has 0 aromatic rings. The third-order valence-corrected chi connectivity index (χ3v) is 2.75. The predicted octanol–water partition coefficient (Wildman–Crippen LogP) is 1.73. The fourth-order valence-corrected chi connectivity index (χ4v) is 1.17. The van der Waals surface area contributed by atoms with Gasteiger partial charge >= 0.3 is 0 Å². The number of nitrogens with two attached hydrogens (primary N) is 4. The standard InChI is InChI=1S/C9H22N2.2C4H7NO/c10-8-6-4-2-1-3-5-7-9-11;2*1-3(2)4(5)6/h1-11H2;2*1H2,2H3,(H2,5,6).